The van der Waals surface area contributed by atoms with Crippen LogP contribution in [0.5, 0.6) is 0 Å². The van der Waals surface area contributed by atoms with Gasteiger partial charge in [-0.3, -0.25) is 4.55 Å². The highest BCUT2D eigenvalue weighted by molar-refractivity contribution is 7.85. The van der Waals surface area contributed by atoms with Gasteiger partial charge >= 0.3 is 0 Å². The largest absolute Gasteiger partial charge is 0.295 e. The monoisotopic (exact) mass is 196 g/mol. The molecule has 0 aliphatic heterocycles. The molecule has 3 nitrogen and oxygen atoms in total. The van der Waals surface area contributed by atoms with E-state index in [9.17, 15) is 8.42 Å². The Morgan fingerprint density at radius 3 is 2.46 bits per heavy atom. The minimum absolute atomic E-state index is 0.149. The van der Waals surface area contributed by atoms with Gasteiger partial charge in [0.25, 0.3) is 10.1 Å². The van der Waals surface area contributed by atoms with E-state index in [1.807, 2.05) is 0 Å². The van der Waals surface area contributed by atoms with Gasteiger partial charge in [-0.1, -0.05) is 18.1 Å². The van der Waals surface area contributed by atoms with Gasteiger partial charge in [-0.15, -0.1) is 5.92 Å². The van der Waals surface area contributed by atoms with Crippen LogP contribution in [0.25, 0.3) is 0 Å². The number of rotatable bonds is 1. The Balaban J connectivity index is 3.43. The lowest BCUT2D eigenvalue weighted by atomic mass is 10.2. The zero-order chi connectivity index (χ0) is 9.90. The van der Waals surface area contributed by atoms with Gasteiger partial charge in [0.15, 0.2) is 0 Å². The first-order valence-electron chi connectivity index (χ1n) is 3.55. The first kappa shape index (κ1) is 9.78. The lowest BCUT2D eigenvalue weighted by Crippen LogP contribution is -2.00. The van der Waals surface area contributed by atoms with E-state index in [0.717, 1.165) is 0 Å². The van der Waals surface area contributed by atoms with Crippen LogP contribution < -0.4 is 0 Å². The Labute approximate surface area is 77.2 Å². The van der Waals surface area contributed by atoms with E-state index >= 15 is 0 Å². The van der Waals surface area contributed by atoms with Gasteiger partial charge in [-0.25, -0.2) is 0 Å². The van der Waals surface area contributed by atoms with Gasteiger partial charge in [0.2, 0.25) is 0 Å². The van der Waals surface area contributed by atoms with E-state index in [-0.39, 0.29) is 4.90 Å². The summed E-state index contributed by atoms with van der Waals surface area (Å²) in [5.74, 6) is 5.16. The summed E-state index contributed by atoms with van der Waals surface area (Å²) in [6, 6.07) is 6.05. The molecule has 68 valence electrons. The highest BCUT2D eigenvalue weighted by Gasteiger charge is 2.12. The van der Waals surface area contributed by atoms with Crippen molar-refractivity contribution in [3.8, 4) is 11.8 Å². The first-order chi connectivity index (χ1) is 6.05. The van der Waals surface area contributed by atoms with Gasteiger partial charge in [-0.05, 0) is 19.1 Å². The maximum atomic E-state index is 10.8. The molecule has 1 rings (SSSR count). The zero-order valence-corrected chi connectivity index (χ0v) is 7.80. The van der Waals surface area contributed by atoms with Crippen molar-refractivity contribution in [2.24, 2.45) is 0 Å². The molecule has 13 heavy (non-hydrogen) atoms. The molecule has 1 aromatic rings. The van der Waals surface area contributed by atoms with E-state index in [4.69, 9.17) is 4.55 Å². The van der Waals surface area contributed by atoms with Crippen molar-refractivity contribution in [1.82, 2.24) is 0 Å². The molecule has 0 spiro atoms. The van der Waals surface area contributed by atoms with Crippen LogP contribution in [0.15, 0.2) is 29.2 Å². The molecule has 1 aromatic carbocycles. The molecule has 4 heteroatoms. The fourth-order valence-corrected chi connectivity index (χ4v) is 1.58. The van der Waals surface area contributed by atoms with E-state index in [2.05, 4.69) is 11.8 Å². The van der Waals surface area contributed by atoms with Crippen LogP contribution in [0.1, 0.15) is 12.5 Å². The highest BCUT2D eigenvalue weighted by atomic mass is 32.2. The summed E-state index contributed by atoms with van der Waals surface area (Å²) >= 11 is 0. The van der Waals surface area contributed by atoms with E-state index < -0.39 is 10.1 Å². The third-order valence-corrected chi connectivity index (χ3v) is 2.34. The maximum absolute atomic E-state index is 10.8. The maximum Gasteiger partial charge on any atom is 0.295 e. The van der Waals surface area contributed by atoms with Crippen molar-refractivity contribution in [2.75, 3.05) is 0 Å². The van der Waals surface area contributed by atoms with Crippen LogP contribution in [0.4, 0.5) is 0 Å². The van der Waals surface area contributed by atoms with Crippen molar-refractivity contribution in [3.05, 3.63) is 29.8 Å². The lowest BCUT2D eigenvalue weighted by Gasteiger charge is -1.98. The second-order valence-corrected chi connectivity index (χ2v) is 3.74. The average Bonchev–Trinajstić information content (AvgIpc) is 2.04. The minimum atomic E-state index is -4.16. The molecule has 0 fully saturated rings. The average molecular weight is 196 g/mol. The molecule has 0 aliphatic rings. The standard InChI is InChI=1S/C9H8O3S/c1-2-5-8-6-3-4-7-9(8)13(10,11)12/h3-4,6-7H,1H3,(H,10,11,12). The van der Waals surface area contributed by atoms with Crippen LogP contribution in [0, 0.1) is 11.8 Å². The van der Waals surface area contributed by atoms with Gasteiger partial charge < -0.3 is 0 Å². The van der Waals surface area contributed by atoms with E-state index in [1.165, 1.54) is 12.1 Å². The second kappa shape index (κ2) is 3.60. The third kappa shape index (κ3) is 2.31. The quantitative estimate of drug-likeness (QED) is 0.544. The Kier molecular flexibility index (Phi) is 2.71. The summed E-state index contributed by atoms with van der Waals surface area (Å²) < 4.78 is 30.4. The van der Waals surface area contributed by atoms with Crippen molar-refractivity contribution in [2.45, 2.75) is 11.8 Å². The Hall–Kier alpha value is -1.31. The van der Waals surface area contributed by atoms with Crippen LogP contribution in [0.3, 0.4) is 0 Å². The van der Waals surface area contributed by atoms with Crippen LogP contribution >= 0.6 is 0 Å². The van der Waals surface area contributed by atoms with Crippen molar-refractivity contribution >= 4 is 10.1 Å². The smallest absolute Gasteiger partial charge is 0.282 e. The first-order valence-corrected chi connectivity index (χ1v) is 4.99. The van der Waals surface area contributed by atoms with Gasteiger partial charge in [-0.2, -0.15) is 8.42 Å². The molecule has 0 amide bonds. The summed E-state index contributed by atoms with van der Waals surface area (Å²) in [6.45, 7) is 1.60. The molecule has 0 atom stereocenters. The zero-order valence-electron chi connectivity index (χ0n) is 6.98. The molecule has 0 aliphatic carbocycles. The van der Waals surface area contributed by atoms with Crippen molar-refractivity contribution in [3.63, 3.8) is 0 Å². The lowest BCUT2D eigenvalue weighted by molar-refractivity contribution is 0.483. The predicted octanol–water partition coefficient (Wildman–Crippen LogP) is 1.30. The Morgan fingerprint density at radius 2 is 1.92 bits per heavy atom. The molecular weight excluding hydrogens is 188 g/mol. The molecule has 0 saturated heterocycles. The normalized spacial score (nSPS) is 10.3. The summed E-state index contributed by atoms with van der Waals surface area (Å²) in [7, 11) is -4.16. The fourth-order valence-electron chi connectivity index (χ4n) is 0.930. The molecular formula is C9H8O3S. The second-order valence-electron chi connectivity index (χ2n) is 2.35. The van der Waals surface area contributed by atoms with Crippen molar-refractivity contribution < 1.29 is 13.0 Å². The summed E-state index contributed by atoms with van der Waals surface area (Å²) in [5, 5.41) is 0. The number of benzene rings is 1. The van der Waals surface area contributed by atoms with Crippen LogP contribution in [-0.2, 0) is 10.1 Å². The number of hydrogen-bond donors (Lipinski definition) is 1. The third-order valence-electron chi connectivity index (χ3n) is 1.42. The van der Waals surface area contributed by atoms with Gasteiger partial charge in [0.1, 0.15) is 4.90 Å². The predicted molar refractivity (Wildman–Crippen MR) is 48.8 cm³/mol. The molecule has 0 saturated carbocycles. The number of hydrogen-bond acceptors (Lipinski definition) is 2. The fraction of sp³-hybridized carbons (Fsp3) is 0.111. The molecule has 0 radical (unpaired) electrons. The molecule has 0 unspecified atom stereocenters. The van der Waals surface area contributed by atoms with E-state index in [1.54, 1.807) is 19.1 Å². The summed E-state index contributed by atoms with van der Waals surface area (Å²) in [5.41, 5.74) is 0.313. The highest BCUT2D eigenvalue weighted by Crippen LogP contribution is 2.13. The Bertz CT molecular complexity index is 463. The van der Waals surface area contributed by atoms with E-state index in [0.29, 0.717) is 5.56 Å². The molecule has 0 aromatic heterocycles. The molecule has 1 N–H and O–H groups in total. The summed E-state index contributed by atoms with van der Waals surface area (Å²) in [6.07, 6.45) is 0. The van der Waals surface area contributed by atoms with Crippen LogP contribution in [0.2, 0.25) is 0 Å². The SMILES string of the molecule is CC#Cc1ccccc1S(=O)(=O)O. The topological polar surface area (TPSA) is 54.4 Å². The Morgan fingerprint density at radius 1 is 1.31 bits per heavy atom. The summed E-state index contributed by atoms with van der Waals surface area (Å²) in [4.78, 5) is -0.149. The van der Waals surface area contributed by atoms with Crippen LogP contribution in [-0.4, -0.2) is 13.0 Å². The van der Waals surface area contributed by atoms with Gasteiger partial charge in [0.05, 0.1) is 0 Å². The molecule has 0 heterocycles. The van der Waals surface area contributed by atoms with Crippen molar-refractivity contribution in [1.29, 1.82) is 0 Å². The minimum Gasteiger partial charge on any atom is -0.282 e. The molecule has 0 bridgehead atoms. The van der Waals surface area contributed by atoms with Gasteiger partial charge in [0, 0.05) is 5.56 Å².